The van der Waals surface area contributed by atoms with Gasteiger partial charge in [-0.25, -0.2) is 0 Å². The molecule has 314 valence electrons. The molecule has 6 heteroatoms. The van der Waals surface area contributed by atoms with Crippen molar-refractivity contribution in [1.82, 2.24) is 19.1 Å². The van der Waals surface area contributed by atoms with E-state index in [1.165, 1.54) is 54.1 Å². The largest absolute Gasteiger partial charge is 2.00 e. The summed E-state index contributed by atoms with van der Waals surface area (Å²) in [5, 5.41) is 7.37. The van der Waals surface area contributed by atoms with Crippen LogP contribution in [0.2, 0.25) is 0 Å². The van der Waals surface area contributed by atoms with Gasteiger partial charge in [-0.15, -0.1) is 40.6 Å². The van der Waals surface area contributed by atoms with Crippen LogP contribution in [0.25, 0.3) is 49.9 Å². The molecule has 0 saturated carbocycles. The molecule has 1 atom stereocenters. The Morgan fingerprint density at radius 2 is 1.18 bits per heavy atom. The second kappa shape index (κ2) is 15.9. The molecule has 3 heterocycles. The van der Waals surface area contributed by atoms with Crippen molar-refractivity contribution in [2.24, 2.45) is 7.05 Å². The summed E-state index contributed by atoms with van der Waals surface area (Å²) in [4.78, 5) is 10.4. The van der Waals surface area contributed by atoms with Crippen molar-refractivity contribution in [2.45, 2.75) is 25.2 Å². The smallest absolute Gasteiger partial charge is 0.367 e. The molecule has 12 rings (SSSR count). The minimum absolute atomic E-state index is 0. The predicted octanol–water partition coefficient (Wildman–Crippen LogP) is 10.5. The van der Waals surface area contributed by atoms with Gasteiger partial charge >= 0.3 is 20.4 Å². The number of hydrogen-bond donors (Lipinski definition) is 0. The van der Waals surface area contributed by atoms with Gasteiger partial charge in [0.15, 0.2) is 0 Å². The normalized spacial score (nSPS) is 14.2. The monoisotopic (exact) mass is 942 g/mol. The van der Waals surface area contributed by atoms with Gasteiger partial charge in [0.05, 0.1) is 33.6 Å². The van der Waals surface area contributed by atoms with E-state index in [9.17, 15) is 0 Å². The number of pyridine rings is 1. The number of imidazole rings is 1. The molecule has 0 bridgehead atoms. The Morgan fingerprint density at radius 1 is 0.554 bits per heavy atom. The zero-order valence-corrected chi connectivity index (χ0v) is 38.9. The fourth-order valence-corrected chi connectivity index (χ4v) is 15.4. The summed E-state index contributed by atoms with van der Waals surface area (Å²) in [7, 11) is -1.02. The molecule has 0 spiro atoms. The minimum Gasteiger partial charge on any atom is -0.367 e. The maximum absolute atomic E-state index is 5.28. The van der Waals surface area contributed by atoms with E-state index in [1.807, 2.05) is 6.20 Å². The number of hydrogen-bond acceptors (Lipinski definition) is 2. The third-order valence-electron chi connectivity index (χ3n) is 13.8. The van der Waals surface area contributed by atoms with Crippen molar-refractivity contribution < 1.29 is 20.4 Å². The molecule has 8 aromatic carbocycles. The molecule has 1 aliphatic rings. The summed E-state index contributed by atoms with van der Waals surface area (Å²) in [6.45, 7) is 4.72. The zero-order chi connectivity index (χ0) is 43.0. The number of benzene rings is 8. The van der Waals surface area contributed by atoms with E-state index in [4.69, 9.17) is 9.97 Å². The Bertz CT molecular complexity index is 3520. The zero-order valence-electron chi connectivity index (χ0n) is 36.3. The Labute approximate surface area is 394 Å². The molecule has 11 aromatic rings. The summed E-state index contributed by atoms with van der Waals surface area (Å²) in [5.74, 6) is 0.729. The number of aryl methyl sites for hydroxylation is 1. The molecule has 1 aliphatic carbocycles. The van der Waals surface area contributed by atoms with Gasteiger partial charge in [0.25, 0.3) is 0 Å². The van der Waals surface area contributed by atoms with E-state index in [-0.39, 0.29) is 31.8 Å². The number of fused-ring (bicyclic) bond motifs is 6. The molecule has 0 amide bonds. The molecule has 0 fully saturated rings. The van der Waals surface area contributed by atoms with Gasteiger partial charge in [-0.3, -0.25) is 9.97 Å². The average molecular weight is 944 g/mol. The number of para-hydroxylation sites is 4. The Balaban J connectivity index is 0.00000469. The van der Waals surface area contributed by atoms with Gasteiger partial charge < -0.3 is 9.13 Å². The van der Waals surface area contributed by atoms with Crippen LogP contribution in [-0.2, 0) is 32.9 Å². The molecule has 1 unspecified atom stereocenters. The first-order valence-corrected chi connectivity index (χ1v) is 24.1. The molecule has 3 aromatic heterocycles. The van der Waals surface area contributed by atoms with E-state index in [2.05, 4.69) is 242 Å². The fraction of sp³-hybridized carbons (Fsp3) is 0.0847. The molecular formula is C59H44N4PdSi. The van der Waals surface area contributed by atoms with Crippen molar-refractivity contribution in [3.05, 3.63) is 246 Å². The van der Waals surface area contributed by atoms with Crippen LogP contribution in [0.5, 0.6) is 0 Å². The number of aromatic nitrogens is 4. The second-order valence-electron chi connectivity index (χ2n) is 17.6. The van der Waals surface area contributed by atoms with Crippen molar-refractivity contribution in [3.8, 4) is 17.1 Å². The van der Waals surface area contributed by atoms with Gasteiger partial charge in [-0.1, -0.05) is 129 Å². The van der Waals surface area contributed by atoms with Gasteiger partial charge in [-0.2, -0.15) is 29.5 Å². The molecule has 0 saturated heterocycles. The topological polar surface area (TPSA) is 35.6 Å². The Hall–Kier alpha value is -6.94. The summed E-state index contributed by atoms with van der Waals surface area (Å²) in [6.07, 6.45) is 1.96. The summed E-state index contributed by atoms with van der Waals surface area (Å²) >= 11 is 0. The number of rotatable bonds is 7. The standard InChI is InChI=1S/C59H44N4Si.Pd/c1-59(2)50-31-19-35-60-57(50)56(49-39-55-48(38-51(49)59)47-30-13-15-33-53(47)63(55)42-22-7-4-8-23-42)40-20-17-28-45(36-40)64(43-24-9-5-10-25-43,44-26-11-6-12-27-44)46-29-18-21-41(37-46)58-61-52-32-14-16-34-54(52)62(58)3;/h4-35,38-39,56H,1-3H3;/q-2;+2. The van der Waals surface area contributed by atoms with Gasteiger partial charge in [0.2, 0.25) is 0 Å². The van der Waals surface area contributed by atoms with Crippen LogP contribution in [-0.4, -0.2) is 27.2 Å². The van der Waals surface area contributed by atoms with E-state index >= 15 is 0 Å². The maximum atomic E-state index is 5.28. The van der Waals surface area contributed by atoms with E-state index in [1.54, 1.807) is 0 Å². The maximum Gasteiger partial charge on any atom is 2.00 e. The average Bonchev–Trinajstić information content (AvgIpc) is 3.86. The third kappa shape index (κ3) is 6.27. The van der Waals surface area contributed by atoms with Gasteiger partial charge in [0.1, 0.15) is 8.07 Å². The van der Waals surface area contributed by atoms with Crippen LogP contribution in [0.1, 0.15) is 47.7 Å². The molecule has 4 nitrogen and oxygen atoms in total. The Morgan fingerprint density at radius 3 is 1.91 bits per heavy atom. The van der Waals surface area contributed by atoms with Crippen molar-refractivity contribution >= 4 is 61.7 Å². The van der Waals surface area contributed by atoms with E-state index in [0.29, 0.717) is 0 Å². The van der Waals surface area contributed by atoms with Crippen molar-refractivity contribution in [2.75, 3.05) is 0 Å². The molecule has 0 radical (unpaired) electrons. The van der Waals surface area contributed by atoms with E-state index < -0.39 is 8.07 Å². The third-order valence-corrected chi connectivity index (χ3v) is 18.4. The molecule has 0 N–H and O–H groups in total. The van der Waals surface area contributed by atoms with Crippen LogP contribution >= 0.6 is 0 Å². The quantitative estimate of drug-likeness (QED) is 0.0907. The van der Waals surface area contributed by atoms with Crippen molar-refractivity contribution in [1.29, 1.82) is 0 Å². The molecule has 0 aliphatic heterocycles. The first-order chi connectivity index (χ1) is 31.4. The minimum atomic E-state index is -3.12. The Kier molecular flexibility index (Phi) is 10.0. The number of nitrogens with zero attached hydrogens (tertiary/aromatic N) is 4. The second-order valence-corrected chi connectivity index (χ2v) is 21.3. The van der Waals surface area contributed by atoms with Crippen molar-refractivity contribution in [3.63, 3.8) is 0 Å². The molecular weight excluding hydrogens is 899 g/mol. The van der Waals surface area contributed by atoms with Gasteiger partial charge in [-0.05, 0) is 75.6 Å². The molecule has 65 heavy (non-hydrogen) atoms. The summed E-state index contributed by atoms with van der Waals surface area (Å²) in [6, 6.07) is 81.2. The first-order valence-electron chi connectivity index (χ1n) is 22.1. The fourth-order valence-electron chi connectivity index (χ4n) is 10.8. The van der Waals surface area contributed by atoms with Crippen LogP contribution in [0.4, 0.5) is 0 Å². The van der Waals surface area contributed by atoms with E-state index in [0.717, 1.165) is 44.6 Å². The van der Waals surface area contributed by atoms with Crippen LogP contribution < -0.4 is 20.7 Å². The van der Waals surface area contributed by atoms with Crippen LogP contribution in [0, 0.1) is 12.1 Å². The summed E-state index contributed by atoms with van der Waals surface area (Å²) < 4.78 is 4.62. The van der Waals surface area contributed by atoms with Gasteiger partial charge in [0, 0.05) is 41.0 Å². The summed E-state index contributed by atoms with van der Waals surface area (Å²) in [5.41, 5.74) is 12.3. The predicted molar refractivity (Wildman–Crippen MR) is 266 cm³/mol. The SMILES string of the molecule is Cn1c(-c2[c-]c([Si](c3[c-]c(C4c5cc6c(cc5C(C)(C)c5cccnc54)c4ccccc4n6-c4ccccc4)ccc3)(c3ccccc3)c3ccccc3)ccc2)nc2ccccc21.[Pd+2]. The van der Waals surface area contributed by atoms with Crippen LogP contribution in [0.3, 0.4) is 0 Å². The van der Waals surface area contributed by atoms with Crippen LogP contribution in [0.15, 0.2) is 206 Å². The first kappa shape index (κ1) is 40.8.